The van der Waals surface area contributed by atoms with Gasteiger partial charge in [0.25, 0.3) is 0 Å². The highest BCUT2D eigenvalue weighted by atomic mass is 31.2. The van der Waals surface area contributed by atoms with Crippen molar-refractivity contribution in [2.75, 3.05) is 0 Å². The van der Waals surface area contributed by atoms with Gasteiger partial charge in [0, 0.05) is 12.8 Å². The number of hydrogen-bond acceptors (Lipinski definition) is 2. The molecule has 15 heavy (non-hydrogen) atoms. The third-order valence-electron chi connectivity index (χ3n) is 2.76. The molecule has 0 fully saturated rings. The van der Waals surface area contributed by atoms with Gasteiger partial charge in [0.15, 0.2) is 12.9 Å². The van der Waals surface area contributed by atoms with Crippen molar-refractivity contribution < 1.29 is 25.6 Å². The largest absolute Gasteiger partial charge is 0.774 e. The summed E-state index contributed by atoms with van der Waals surface area (Å²) in [6, 6.07) is 7.46. The van der Waals surface area contributed by atoms with Crippen LogP contribution in [0.15, 0.2) is 24.3 Å². The Morgan fingerprint density at radius 2 is 1.73 bits per heavy atom. The Hall–Kier alpha value is -0.710. The van der Waals surface area contributed by atoms with Crippen molar-refractivity contribution in [2.24, 2.45) is 0 Å². The standard InChI is InChI=1S/C9H12NO3P.H2O/c10-9(14(11,12)13)5-7-3-1-2-4-8(7)6-9;/h1-4H,5-6,10H2,(H2,11,12,13);1H2. The average Bonchev–Trinajstić information content (AvgIpc) is 2.40. The molecule has 0 aromatic heterocycles. The van der Waals surface area contributed by atoms with Gasteiger partial charge in [-0.1, -0.05) is 24.3 Å². The van der Waals surface area contributed by atoms with E-state index in [1.54, 1.807) is 0 Å². The maximum Gasteiger partial charge on any atom is 0.194 e. The Balaban J connectivity index is 0.00000112. The summed E-state index contributed by atoms with van der Waals surface area (Å²) < 4.78 is 11.1. The third-order valence-corrected chi connectivity index (χ3v) is 4.27. The Bertz CT molecular complexity index is 389. The van der Waals surface area contributed by atoms with Gasteiger partial charge in [-0.2, -0.15) is 0 Å². The highest BCUT2D eigenvalue weighted by molar-refractivity contribution is 7.51. The van der Waals surface area contributed by atoms with Gasteiger partial charge in [0.05, 0.1) is 0 Å². The Morgan fingerprint density at radius 3 is 2.07 bits per heavy atom. The normalized spacial score (nSPS) is 21.3. The van der Waals surface area contributed by atoms with Crippen molar-refractivity contribution in [3.8, 4) is 0 Å². The molecule has 0 radical (unpaired) electrons. The summed E-state index contributed by atoms with van der Waals surface area (Å²) in [6.45, 7) is 0. The summed E-state index contributed by atoms with van der Waals surface area (Å²) in [6.07, 6.45) is 0.612. The summed E-state index contributed by atoms with van der Waals surface area (Å²) in [5.74, 6) is 0. The van der Waals surface area contributed by atoms with Crippen molar-refractivity contribution >= 4 is 7.60 Å². The van der Waals surface area contributed by atoms with E-state index < -0.39 is 12.9 Å². The zero-order chi connectivity index (χ0) is 10.4. The van der Waals surface area contributed by atoms with E-state index in [9.17, 15) is 9.46 Å². The predicted molar refractivity (Wildman–Crippen MR) is 52.9 cm³/mol. The molecular weight excluding hydrogens is 217 g/mol. The number of benzene rings is 1. The molecular formula is C9H14NO4P. The van der Waals surface area contributed by atoms with Crippen LogP contribution < -0.4 is 10.6 Å². The first-order valence-corrected chi connectivity index (χ1v) is 5.96. The number of rotatable bonds is 1. The van der Waals surface area contributed by atoms with Crippen LogP contribution in [0.1, 0.15) is 11.1 Å². The van der Waals surface area contributed by atoms with E-state index in [0.717, 1.165) is 11.1 Å². The van der Waals surface area contributed by atoms with Crippen LogP contribution in [0, 0.1) is 0 Å². The third kappa shape index (κ3) is 1.97. The Labute approximate surface area is 87.4 Å². The molecule has 1 atom stereocenters. The second-order valence-corrected chi connectivity index (χ2v) is 5.86. The maximum absolute atomic E-state index is 11.1. The summed E-state index contributed by atoms with van der Waals surface area (Å²) in [5.41, 5.74) is 5.56. The molecule has 1 aliphatic rings. The Morgan fingerprint density at radius 1 is 1.33 bits per heavy atom. The van der Waals surface area contributed by atoms with E-state index in [1.807, 2.05) is 24.3 Å². The van der Waals surface area contributed by atoms with E-state index in [-0.39, 0.29) is 5.48 Å². The lowest BCUT2D eigenvalue weighted by molar-refractivity contribution is -0.454. The first-order chi connectivity index (χ1) is 6.42. The quantitative estimate of drug-likeness (QED) is 0.569. The highest BCUT2D eigenvalue weighted by Gasteiger charge is 2.45. The first-order valence-electron chi connectivity index (χ1n) is 4.38. The SMILES string of the molecule is O.[NH3+]C1(P(=O)([O-])O)Cc2ccccc2C1. The molecule has 0 heterocycles. The molecule has 0 saturated carbocycles. The molecule has 1 aromatic carbocycles. The van der Waals surface area contributed by atoms with Crippen LogP contribution in [0.3, 0.4) is 0 Å². The van der Waals surface area contributed by atoms with Gasteiger partial charge < -0.3 is 25.6 Å². The van der Waals surface area contributed by atoms with Gasteiger partial charge in [-0.05, 0) is 11.1 Å². The predicted octanol–water partition coefficient (Wildman–Crippen LogP) is -1.56. The van der Waals surface area contributed by atoms with Gasteiger partial charge in [-0.25, -0.2) is 0 Å². The molecule has 5 nitrogen and oxygen atoms in total. The first kappa shape index (κ1) is 12.4. The summed E-state index contributed by atoms with van der Waals surface area (Å²) >= 11 is 0. The fourth-order valence-corrected chi connectivity index (χ4v) is 2.61. The van der Waals surface area contributed by atoms with Crippen LogP contribution >= 0.6 is 7.60 Å². The molecule has 1 aromatic rings. The van der Waals surface area contributed by atoms with E-state index in [4.69, 9.17) is 4.89 Å². The number of quaternary nitrogens is 1. The lowest BCUT2D eigenvalue weighted by atomic mass is 10.1. The molecule has 0 amide bonds. The summed E-state index contributed by atoms with van der Waals surface area (Å²) in [5, 5.41) is -1.25. The number of hydrogen-bond donors (Lipinski definition) is 2. The van der Waals surface area contributed by atoms with Gasteiger partial charge in [0.1, 0.15) is 0 Å². The molecule has 0 aliphatic heterocycles. The molecule has 0 bridgehead atoms. The van der Waals surface area contributed by atoms with Crippen LogP contribution in [0.25, 0.3) is 0 Å². The average molecular weight is 231 g/mol. The summed E-state index contributed by atoms with van der Waals surface area (Å²) in [7, 11) is -4.37. The van der Waals surface area contributed by atoms with Gasteiger partial charge >= 0.3 is 0 Å². The fourth-order valence-electron chi connectivity index (χ4n) is 1.87. The molecule has 6 N–H and O–H groups in total. The molecule has 2 rings (SSSR count). The minimum absolute atomic E-state index is 0. The van der Waals surface area contributed by atoms with E-state index in [2.05, 4.69) is 5.73 Å². The maximum atomic E-state index is 11.1. The zero-order valence-electron chi connectivity index (χ0n) is 8.14. The van der Waals surface area contributed by atoms with Crippen LogP contribution in [-0.4, -0.2) is 15.6 Å². The van der Waals surface area contributed by atoms with Crippen LogP contribution in [0.2, 0.25) is 0 Å². The van der Waals surface area contributed by atoms with Crippen LogP contribution in [-0.2, 0) is 17.4 Å². The molecule has 1 unspecified atom stereocenters. The van der Waals surface area contributed by atoms with Gasteiger partial charge in [-0.15, -0.1) is 0 Å². The van der Waals surface area contributed by atoms with E-state index >= 15 is 0 Å². The van der Waals surface area contributed by atoms with Crippen LogP contribution in [0.5, 0.6) is 0 Å². The summed E-state index contributed by atoms with van der Waals surface area (Å²) in [4.78, 5) is 20.2. The smallest absolute Gasteiger partial charge is 0.194 e. The molecule has 84 valence electrons. The van der Waals surface area contributed by atoms with E-state index in [1.165, 1.54) is 0 Å². The van der Waals surface area contributed by atoms with Crippen molar-refractivity contribution in [1.29, 1.82) is 0 Å². The second-order valence-electron chi connectivity index (χ2n) is 3.87. The van der Waals surface area contributed by atoms with Crippen LogP contribution in [0.4, 0.5) is 0 Å². The van der Waals surface area contributed by atoms with Gasteiger partial charge in [0.2, 0.25) is 0 Å². The van der Waals surface area contributed by atoms with Gasteiger partial charge in [-0.3, -0.25) is 0 Å². The van der Waals surface area contributed by atoms with Crippen molar-refractivity contribution in [3.05, 3.63) is 35.4 Å². The topological polar surface area (TPSA) is 120 Å². The minimum atomic E-state index is -4.37. The number of fused-ring (bicyclic) bond motifs is 1. The molecule has 1 aliphatic carbocycles. The van der Waals surface area contributed by atoms with Crippen molar-refractivity contribution in [1.82, 2.24) is 0 Å². The van der Waals surface area contributed by atoms with Crippen molar-refractivity contribution in [3.63, 3.8) is 0 Å². The van der Waals surface area contributed by atoms with Crippen molar-refractivity contribution in [2.45, 2.75) is 18.1 Å². The second kappa shape index (κ2) is 3.70. The van der Waals surface area contributed by atoms with E-state index in [0.29, 0.717) is 12.8 Å². The lowest BCUT2D eigenvalue weighted by Crippen LogP contribution is -2.74. The molecule has 6 heteroatoms. The zero-order valence-corrected chi connectivity index (χ0v) is 9.04. The highest BCUT2D eigenvalue weighted by Crippen LogP contribution is 2.48. The lowest BCUT2D eigenvalue weighted by Gasteiger charge is -2.30. The monoisotopic (exact) mass is 231 g/mol. The Kier molecular flexibility index (Phi) is 3.05. The minimum Gasteiger partial charge on any atom is -0.774 e. The molecule has 0 spiro atoms. The fraction of sp³-hybridized carbons (Fsp3) is 0.333. The molecule has 0 saturated heterocycles.